The summed E-state index contributed by atoms with van der Waals surface area (Å²) in [5.74, 6) is 0. The average Bonchev–Trinajstić information content (AvgIpc) is 2.24. The molecule has 0 saturated carbocycles. The quantitative estimate of drug-likeness (QED) is 0.493. The maximum absolute atomic E-state index is 3.54. The zero-order valence-electron chi connectivity index (χ0n) is 12.8. The summed E-state index contributed by atoms with van der Waals surface area (Å²) >= 11 is 0. The smallest absolute Gasteiger partial charge is 0.0000126 e. The van der Waals surface area contributed by atoms with Gasteiger partial charge in [-0.2, -0.15) is 0 Å². The van der Waals surface area contributed by atoms with Crippen molar-refractivity contribution >= 4 is 0 Å². The Morgan fingerprint density at radius 1 is 0.706 bits per heavy atom. The van der Waals surface area contributed by atoms with Gasteiger partial charge in [-0.05, 0) is 24.9 Å². The minimum Gasteiger partial charge on any atom is -0.316 e. The summed E-state index contributed by atoms with van der Waals surface area (Å²) in [6.07, 6.45) is 12.8. The molecular formula is C16H35N. The molecule has 0 bridgehead atoms. The summed E-state index contributed by atoms with van der Waals surface area (Å²) in [6.45, 7) is 11.5. The topological polar surface area (TPSA) is 12.0 Å². The number of hydrogen-bond acceptors (Lipinski definition) is 1. The SMILES string of the molecule is CCCCCCCCCCCNCC(C)(C)C. The Labute approximate surface area is 110 Å². The second-order valence-corrected chi connectivity index (χ2v) is 6.57. The molecule has 0 spiro atoms. The highest BCUT2D eigenvalue weighted by molar-refractivity contribution is 4.64. The zero-order valence-corrected chi connectivity index (χ0v) is 12.8. The number of rotatable bonds is 11. The van der Waals surface area contributed by atoms with Gasteiger partial charge >= 0.3 is 0 Å². The van der Waals surface area contributed by atoms with Crippen LogP contribution in [0.3, 0.4) is 0 Å². The summed E-state index contributed by atoms with van der Waals surface area (Å²) in [4.78, 5) is 0. The van der Waals surface area contributed by atoms with E-state index in [1.54, 1.807) is 0 Å². The Morgan fingerprint density at radius 2 is 1.18 bits per heavy atom. The number of hydrogen-bond donors (Lipinski definition) is 1. The molecule has 0 aromatic rings. The van der Waals surface area contributed by atoms with Gasteiger partial charge in [-0.25, -0.2) is 0 Å². The van der Waals surface area contributed by atoms with Crippen molar-refractivity contribution in [3.63, 3.8) is 0 Å². The highest BCUT2D eigenvalue weighted by Gasteiger charge is 2.07. The molecule has 0 atom stereocenters. The van der Waals surface area contributed by atoms with Crippen LogP contribution in [0.25, 0.3) is 0 Å². The van der Waals surface area contributed by atoms with Crippen molar-refractivity contribution in [2.24, 2.45) is 5.41 Å². The van der Waals surface area contributed by atoms with Gasteiger partial charge in [0.2, 0.25) is 0 Å². The lowest BCUT2D eigenvalue weighted by molar-refractivity contribution is 0.377. The predicted molar refractivity (Wildman–Crippen MR) is 79.6 cm³/mol. The number of nitrogens with one attached hydrogen (secondary N) is 1. The first kappa shape index (κ1) is 17.0. The number of unbranched alkanes of at least 4 members (excludes halogenated alkanes) is 8. The monoisotopic (exact) mass is 241 g/mol. The molecule has 1 heteroatoms. The third-order valence-corrected chi connectivity index (χ3v) is 3.11. The van der Waals surface area contributed by atoms with Crippen LogP contribution in [0.5, 0.6) is 0 Å². The molecule has 1 N–H and O–H groups in total. The van der Waals surface area contributed by atoms with Crippen molar-refractivity contribution < 1.29 is 0 Å². The average molecular weight is 241 g/mol. The molecule has 0 aromatic heterocycles. The summed E-state index contributed by atoms with van der Waals surface area (Å²) in [6, 6.07) is 0. The van der Waals surface area contributed by atoms with Crippen LogP contribution in [0, 0.1) is 5.41 Å². The first-order valence-corrected chi connectivity index (χ1v) is 7.77. The van der Waals surface area contributed by atoms with E-state index in [0.29, 0.717) is 5.41 Å². The molecule has 0 radical (unpaired) electrons. The molecule has 0 amide bonds. The third-order valence-electron chi connectivity index (χ3n) is 3.11. The van der Waals surface area contributed by atoms with Crippen LogP contribution in [-0.2, 0) is 0 Å². The Kier molecular flexibility index (Phi) is 11.0. The lowest BCUT2D eigenvalue weighted by atomic mass is 9.97. The summed E-state index contributed by atoms with van der Waals surface area (Å²) in [5.41, 5.74) is 0.430. The molecule has 0 saturated heterocycles. The molecule has 0 aromatic carbocycles. The zero-order chi connectivity index (χ0) is 13.0. The Balaban J connectivity index is 2.99. The van der Waals surface area contributed by atoms with Crippen LogP contribution in [0.1, 0.15) is 85.5 Å². The van der Waals surface area contributed by atoms with E-state index in [0.717, 1.165) is 6.54 Å². The van der Waals surface area contributed by atoms with E-state index >= 15 is 0 Å². The fourth-order valence-electron chi connectivity index (χ4n) is 2.02. The summed E-state index contributed by atoms with van der Waals surface area (Å²) < 4.78 is 0. The molecule has 0 unspecified atom stereocenters. The Bertz CT molecular complexity index is 146. The van der Waals surface area contributed by atoms with Crippen LogP contribution < -0.4 is 5.32 Å². The van der Waals surface area contributed by atoms with Crippen LogP contribution in [0.2, 0.25) is 0 Å². The van der Waals surface area contributed by atoms with Gasteiger partial charge in [0.05, 0.1) is 0 Å². The van der Waals surface area contributed by atoms with Gasteiger partial charge in [0.1, 0.15) is 0 Å². The molecular weight excluding hydrogens is 206 g/mol. The largest absolute Gasteiger partial charge is 0.316 e. The van der Waals surface area contributed by atoms with Gasteiger partial charge in [0.15, 0.2) is 0 Å². The third kappa shape index (κ3) is 16.0. The van der Waals surface area contributed by atoms with Crippen molar-refractivity contribution in [3.8, 4) is 0 Å². The van der Waals surface area contributed by atoms with E-state index in [1.807, 2.05) is 0 Å². The van der Waals surface area contributed by atoms with Gasteiger partial charge in [0, 0.05) is 0 Å². The van der Waals surface area contributed by atoms with E-state index in [2.05, 4.69) is 33.0 Å². The molecule has 104 valence electrons. The predicted octanol–water partition coefficient (Wildman–Crippen LogP) is 5.15. The van der Waals surface area contributed by atoms with E-state index < -0.39 is 0 Å². The molecule has 0 aliphatic heterocycles. The maximum atomic E-state index is 3.54. The first-order chi connectivity index (χ1) is 8.06. The minimum absolute atomic E-state index is 0.430. The van der Waals surface area contributed by atoms with Crippen molar-refractivity contribution in [1.29, 1.82) is 0 Å². The maximum Gasteiger partial charge on any atom is -0.0000126 e. The molecule has 0 heterocycles. The van der Waals surface area contributed by atoms with Crippen LogP contribution in [-0.4, -0.2) is 13.1 Å². The van der Waals surface area contributed by atoms with Gasteiger partial charge in [0.25, 0.3) is 0 Å². The molecule has 0 fully saturated rings. The lowest BCUT2D eigenvalue weighted by Gasteiger charge is -2.18. The molecule has 0 aliphatic rings. The van der Waals surface area contributed by atoms with E-state index in [9.17, 15) is 0 Å². The van der Waals surface area contributed by atoms with E-state index in [1.165, 1.54) is 64.3 Å². The fraction of sp³-hybridized carbons (Fsp3) is 1.00. The van der Waals surface area contributed by atoms with Crippen molar-refractivity contribution in [1.82, 2.24) is 5.32 Å². The van der Waals surface area contributed by atoms with Gasteiger partial charge in [-0.1, -0.05) is 79.1 Å². The van der Waals surface area contributed by atoms with Gasteiger partial charge in [-0.3, -0.25) is 0 Å². The second kappa shape index (κ2) is 11.1. The summed E-state index contributed by atoms with van der Waals surface area (Å²) in [7, 11) is 0. The van der Waals surface area contributed by atoms with Crippen LogP contribution >= 0.6 is 0 Å². The van der Waals surface area contributed by atoms with Crippen molar-refractivity contribution in [2.45, 2.75) is 85.5 Å². The van der Waals surface area contributed by atoms with E-state index in [4.69, 9.17) is 0 Å². The molecule has 0 rings (SSSR count). The second-order valence-electron chi connectivity index (χ2n) is 6.57. The molecule has 1 nitrogen and oxygen atoms in total. The van der Waals surface area contributed by atoms with Crippen molar-refractivity contribution in [3.05, 3.63) is 0 Å². The van der Waals surface area contributed by atoms with Crippen LogP contribution in [0.4, 0.5) is 0 Å². The lowest BCUT2D eigenvalue weighted by Crippen LogP contribution is -2.27. The van der Waals surface area contributed by atoms with Crippen LogP contribution in [0.15, 0.2) is 0 Å². The normalized spacial score (nSPS) is 12.0. The first-order valence-electron chi connectivity index (χ1n) is 7.77. The fourth-order valence-corrected chi connectivity index (χ4v) is 2.02. The van der Waals surface area contributed by atoms with E-state index in [-0.39, 0.29) is 0 Å². The highest BCUT2D eigenvalue weighted by Crippen LogP contribution is 2.11. The molecule has 0 aliphatic carbocycles. The van der Waals surface area contributed by atoms with Gasteiger partial charge in [-0.15, -0.1) is 0 Å². The Morgan fingerprint density at radius 3 is 1.65 bits per heavy atom. The van der Waals surface area contributed by atoms with Crippen molar-refractivity contribution in [2.75, 3.05) is 13.1 Å². The molecule has 17 heavy (non-hydrogen) atoms. The van der Waals surface area contributed by atoms with Gasteiger partial charge < -0.3 is 5.32 Å². The Hall–Kier alpha value is -0.0400. The summed E-state index contributed by atoms with van der Waals surface area (Å²) in [5, 5.41) is 3.54. The standard InChI is InChI=1S/C16H35N/c1-5-6-7-8-9-10-11-12-13-14-17-15-16(2,3)4/h17H,5-15H2,1-4H3. The minimum atomic E-state index is 0.430. The highest BCUT2D eigenvalue weighted by atomic mass is 14.9.